The summed E-state index contributed by atoms with van der Waals surface area (Å²) < 4.78 is 0. The van der Waals surface area contributed by atoms with Gasteiger partial charge in [0, 0.05) is 23.3 Å². The molecule has 2 heterocycles. The van der Waals surface area contributed by atoms with Crippen LogP contribution in [0.5, 0.6) is 0 Å². The lowest BCUT2D eigenvalue weighted by atomic mass is 10.0. The number of thiazole rings is 1. The number of benzene rings is 1. The van der Waals surface area contributed by atoms with Gasteiger partial charge in [0.05, 0.1) is 16.1 Å². The SMILES string of the molecule is Cc1ncsc1C(=O)c1cncc2ccccc12. The van der Waals surface area contributed by atoms with Crippen LogP contribution in [0.3, 0.4) is 0 Å². The van der Waals surface area contributed by atoms with Crippen molar-refractivity contribution in [3.8, 4) is 0 Å². The first-order chi connectivity index (χ1) is 8.77. The van der Waals surface area contributed by atoms with Crippen molar-refractivity contribution in [2.45, 2.75) is 6.92 Å². The number of hydrogen-bond donors (Lipinski definition) is 0. The molecule has 3 rings (SSSR count). The molecule has 0 unspecified atom stereocenters. The smallest absolute Gasteiger partial charge is 0.207 e. The van der Waals surface area contributed by atoms with E-state index in [4.69, 9.17) is 0 Å². The van der Waals surface area contributed by atoms with Crippen molar-refractivity contribution in [2.24, 2.45) is 0 Å². The minimum atomic E-state index is -0.000648. The molecule has 0 saturated carbocycles. The Bertz CT molecular complexity index is 728. The number of carbonyl (C=O) groups excluding carboxylic acids is 1. The summed E-state index contributed by atoms with van der Waals surface area (Å²) >= 11 is 1.37. The van der Waals surface area contributed by atoms with Crippen LogP contribution in [0.15, 0.2) is 42.2 Å². The van der Waals surface area contributed by atoms with Gasteiger partial charge in [0.25, 0.3) is 0 Å². The Balaban J connectivity index is 2.21. The van der Waals surface area contributed by atoms with Gasteiger partial charge < -0.3 is 0 Å². The van der Waals surface area contributed by atoms with Crippen molar-refractivity contribution < 1.29 is 4.79 Å². The molecule has 0 radical (unpaired) electrons. The second-order valence-corrected chi connectivity index (χ2v) is 4.86. The molecule has 0 aliphatic rings. The molecule has 0 aliphatic carbocycles. The van der Waals surface area contributed by atoms with E-state index in [9.17, 15) is 4.79 Å². The zero-order valence-electron chi connectivity index (χ0n) is 9.75. The molecule has 0 spiro atoms. The normalized spacial score (nSPS) is 10.7. The highest BCUT2D eigenvalue weighted by Gasteiger charge is 2.16. The van der Waals surface area contributed by atoms with Crippen LogP contribution in [0.1, 0.15) is 20.9 Å². The van der Waals surface area contributed by atoms with Gasteiger partial charge in [0.2, 0.25) is 5.78 Å². The Morgan fingerprint density at radius 3 is 2.83 bits per heavy atom. The molecule has 0 atom stereocenters. The van der Waals surface area contributed by atoms with Crippen LogP contribution in [0, 0.1) is 6.92 Å². The Labute approximate surface area is 108 Å². The zero-order chi connectivity index (χ0) is 12.5. The maximum Gasteiger partial charge on any atom is 0.207 e. The van der Waals surface area contributed by atoms with E-state index in [1.54, 1.807) is 17.9 Å². The number of fused-ring (bicyclic) bond motifs is 1. The Morgan fingerprint density at radius 2 is 2.06 bits per heavy atom. The molecular formula is C14H10N2OS. The van der Waals surface area contributed by atoms with Crippen LogP contribution in [-0.2, 0) is 0 Å². The second-order valence-electron chi connectivity index (χ2n) is 4.00. The Morgan fingerprint density at radius 1 is 1.22 bits per heavy atom. The third-order valence-corrected chi connectivity index (χ3v) is 3.79. The average molecular weight is 254 g/mol. The Hall–Kier alpha value is -2.07. The van der Waals surface area contributed by atoms with Crippen molar-refractivity contribution in [3.05, 3.63) is 58.3 Å². The molecule has 1 aromatic carbocycles. The molecule has 0 fully saturated rings. The zero-order valence-corrected chi connectivity index (χ0v) is 10.6. The summed E-state index contributed by atoms with van der Waals surface area (Å²) in [4.78, 5) is 21.4. The predicted molar refractivity (Wildman–Crippen MR) is 72.0 cm³/mol. The molecule has 0 bridgehead atoms. The van der Waals surface area contributed by atoms with Crippen LogP contribution in [0.25, 0.3) is 10.8 Å². The standard InChI is InChI=1S/C14H10N2OS/c1-9-14(18-8-16-9)13(17)12-7-15-6-10-4-2-3-5-11(10)12/h2-8H,1H3. The highest BCUT2D eigenvalue weighted by Crippen LogP contribution is 2.23. The van der Waals surface area contributed by atoms with E-state index >= 15 is 0 Å². The van der Waals surface area contributed by atoms with E-state index < -0.39 is 0 Å². The topological polar surface area (TPSA) is 42.9 Å². The molecule has 88 valence electrons. The van der Waals surface area contributed by atoms with Gasteiger partial charge in [-0.15, -0.1) is 11.3 Å². The fraction of sp³-hybridized carbons (Fsp3) is 0.0714. The highest BCUT2D eigenvalue weighted by atomic mass is 32.1. The summed E-state index contributed by atoms with van der Waals surface area (Å²) in [5.41, 5.74) is 3.11. The molecule has 3 nitrogen and oxygen atoms in total. The van der Waals surface area contributed by atoms with E-state index in [0.29, 0.717) is 10.4 Å². The van der Waals surface area contributed by atoms with Crippen LogP contribution in [-0.4, -0.2) is 15.8 Å². The first-order valence-electron chi connectivity index (χ1n) is 5.55. The molecular weight excluding hydrogens is 244 g/mol. The van der Waals surface area contributed by atoms with Crippen LogP contribution in [0.4, 0.5) is 0 Å². The van der Waals surface area contributed by atoms with Gasteiger partial charge in [0.1, 0.15) is 0 Å². The summed E-state index contributed by atoms with van der Waals surface area (Å²) in [7, 11) is 0. The molecule has 0 aliphatic heterocycles. The van der Waals surface area contributed by atoms with Crippen molar-refractivity contribution in [3.63, 3.8) is 0 Å². The van der Waals surface area contributed by atoms with Gasteiger partial charge >= 0.3 is 0 Å². The van der Waals surface area contributed by atoms with E-state index in [1.165, 1.54) is 11.3 Å². The number of rotatable bonds is 2. The molecule has 0 amide bonds. The Kier molecular flexibility index (Phi) is 2.64. The molecule has 4 heteroatoms. The van der Waals surface area contributed by atoms with Crippen molar-refractivity contribution in [1.29, 1.82) is 0 Å². The van der Waals surface area contributed by atoms with Crippen molar-refractivity contribution in [2.75, 3.05) is 0 Å². The van der Waals surface area contributed by atoms with Gasteiger partial charge in [-0.2, -0.15) is 0 Å². The summed E-state index contributed by atoms with van der Waals surface area (Å²) in [6.07, 6.45) is 3.40. The minimum absolute atomic E-state index is 0.000648. The highest BCUT2D eigenvalue weighted by molar-refractivity contribution is 7.12. The molecule has 2 aromatic heterocycles. The number of pyridine rings is 1. The third kappa shape index (κ3) is 1.71. The summed E-state index contributed by atoms with van der Waals surface area (Å²) in [6.45, 7) is 1.85. The van der Waals surface area contributed by atoms with Crippen molar-refractivity contribution in [1.82, 2.24) is 9.97 Å². The van der Waals surface area contributed by atoms with Gasteiger partial charge in [0.15, 0.2) is 0 Å². The van der Waals surface area contributed by atoms with Crippen LogP contribution < -0.4 is 0 Å². The van der Waals surface area contributed by atoms with E-state index in [2.05, 4.69) is 9.97 Å². The van der Waals surface area contributed by atoms with Gasteiger partial charge in [-0.1, -0.05) is 24.3 Å². The van der Waals surface area contributed by atoms with Gasteiger partial charge in [-0.05, 0) is 12.3 Å². The van der Waals surface area contributed by atoms with Crippen molar-refractivity contribution >= 4 is 27.9 Å². The number of carbonyl (C=O) groups is 1. The number of hydrogen-bond acceptors (Lipinski definition) is 4. The number of aromatic nitrogens is 2. The summed E-state index contributed by atoms with van der Waals surface area (Å²) in [5, 5.41) is 1.91. The summed E-state index contributed by atoms with van der Waals surface area (Å²) in [5.74, 6) is -0.000648. The largest absolute Gasteiger partial charge is 0.288 e. The fourth-order valence-corrected chi connectivity index (χ4v) is 2.70. The second kappa shape index (κ2) is 4.31. The molecule has 0 saturated heterocycles. The van der Waals surface area contributed by atoms with Gasteiger partial charge in [-0.25, -0.2) is 4.98 Å². The lowest BCUT2D eigenvalue weighted by Gasteiger charge is -2.03. The monoisotopic (exact) mass is 254 g/mol. The maximum absolute atomic E-state index is 12.5. The third-order valence-electron chi connectivity index (χ3n) is 2.86. The fourth-order valence-electron chi connectivity index (χ4n) is 1.94. The van der Waals surface area contributed by atoms with Crippen LogP contribution >= 0.6 is 11.3 Å². The van der Waals surface area contributed by atoms with E-state index in [-0.39, 0.29) is 5.78 Å². The number of nitrogens with zero attached hydrogens (tertiary/aromatic N) is 2. The van der Waals surface area contributed by atoms with Crippen LogP contribution in [0.2, 0.25) is 0 Å². The predicted octanol–water partition coefficient (Wildman–Crippen LogP) is 3.23. The molecule has 18 heavy (non-hydrogen) atoms. The van der Waals surface area contributed by atoms with E-state index in [0.717, 1.165) is 16.5 Å². The summed E-state index contributed by atoms with van der Waals surface area (Å²) in [6, 6.07) is 7.77. The number of aryl methyl sites for hydroxylation is 1. The first-order valence-corrected chi connectivity index (χ1v) is 6.43. The quantitative estimate of drug-likeness (QED) is 0.659. The first kappa shape index (κ1) is 11.0. The van der Waals surface area contributed by atoms with Gasteiger partial charge in [-0.3, -0.25) is 9.78 Å². The van der Waals surface area contributed by atoms with E-state index in [1.807, 2.05) is 31.2 Å². The maximum atomic E-state index is 12.5. The average Bonchev–Trinajstić information content (AvgIpc) is 2.83. The lowest BCUT2D eigenvalue weighted by Crippen LogP contribution is -2.02. The number of ketones is 1. The lowest BCUT2D eigenvalue weighted by molar-refractivity contribution is 0.104. The minimum Gasteiger partial charge on any atom is -0.288 e. The molecule has 3 aromatic rings. The molecule has 0 N–H and O–H groups in total.